The van der Waals surface area contributed by atoms with Gasteiger partial charge in [-0.3, -0.25) is 0 Å². The van der Waals surface area contributed by atoms with Gasteiger partial charge in [0.05, 0.1) is 0 Å². The average molecular weight is 652 g/mol. The Hall–Kier alpha value is -6.45. The molecule has 0 radical (unpaired) electrons. The van der Waals surface area contributed by atoms with Crippen LogP contribution in [-0.2, 0) is 5.41 Å². The van der Waals surface area contributed by atoms with Gasteiger partial charge < -0.3 is 0 Å². The summed E-state index contributed by atoms with van der Waals surface area (Å²) in [5.41, 5.74) is 10.4. The molecule has 0 fully saturated rings. The van der Waals surface area contributed by atoms with Crippen LogP contribution in [0.5, 0.6) is 0 Å². The Morgan fingerprint density at radius 1 is 0.314 bits per heavy atom. The highest BCUT2D eigenvalue weighted by atomic mass is 15.0. The first-order valence-corrected chi connectivity index (χ1v) is 17.5. The Morgan fingerprint density at radius 2 is 0.745 bits per heavy atom. The van der Waals surface area contributed by atoms with Gasteiger partial charge >= 0.3 is 0 Å². The van der Waals surface area contributed by atoms with Crippen LogP contribution in [0.1, 0.15) is 25.0 Å². The molecule has 9 aromatic rings. The Kier molecular flexibility index (Phi) is 6.53. The Bertz CT molecular complexity index is 2740. The molecule has 0 bridgehead atoms. The minimum absolute atomic E-state index is 0.116. The van der Waals surface area contributed by atoms with Crippen LogP contribution < -0.4 is 0 Å². The highest BCUT2D eigenvalue weighted by Crippen LogP contribution is 2.53. The van der Waals surface area contributed by atoms with Crippen LogP contribution >= 0.6 is 0 Å². The molecule has 0 amide bonds. The zero-order chi connectivity index (χ0) is 34.1. The predicted octanol–water partition coefficient (Wildman–Crippen LogP) is 12.3. The molecule has 0 aliphatic heterocycles. The molecule has 51 heavy (non-hydrogen) atoms. The summed E-state index contributed by atoms with van der Waals surface area (Å²) in [7, 11) is 0. The molecule has 1 aromatic heterocycles. The smallest absolute Gasteiger partial charge is 0.165 e. The first-order chi connectivity index (χ1) is 25.1. The second kappa shape index (κ2) is 11.3. The number of hydrogen-bond donors (Lipinski definition) is 0. The number of nitrogens with zero attached hydrogens (tertiary/aromatic N) is 3. The lowest BCUT2D eigenvalue weighted by molar-refractivity contribution is 0.660. The molecule has 8 aromatic carbocycles. The summed E-state index contributed by atoms with van der Waals surface area (Å²) >= 11 is 0. The summed E-state index contributed by atoms with van der Waals surface area (Å²) in [6.07, 6.45) is 0. The number of fused-ring (bicyclic) bond motifs is 6. The molecule has 0 unspecified atom stereocenters. The summed E-state index contributed by atoms with van der Waals surface area (Å²) in [5, 5.41) is 6.77. The van der Waals surface area contributed by atoms with E-state index < -0.39 is 0 Å². The maximum absolute atomic E-state index is 5.41. The van der Waals surface area contributed by atoms with Gasteiger partial charge in [-0.2, -0.15) is 0 Å². The SMILES string of the molecule is CC1(C)c2ccccc2-c2c(-c3ccc4ccccc4c3-c3nc(-c4cccc5ccccc45)nc(-c4cccc5ccccc45)n3)cccc21. The molecule has 3 heteroatoms. The van der Waals surface area contributed by atoms with E-state index in [1.807, 2.05) is 0 Å². The first kappa shape index (κ1) is 29.5. The molecule has 240 valence electrons. The van der Waals surface area contributed by atoms with Crippen LogP contribution in [0.15, 0.2) is 164 Å². The van der Waals surface area contributed by atoms with E-state index in [0.29, 0.717) is 17.5 Å². The van der Waals surface area contributed by atoms with Crippen molar-refractivity contribution >= 4 is 32.3 Å². The van der Waals surface area contributed by atoms with Gasteiger partial charge in [-0.15, -0.1) is 0 Å². The van der Waals surface area contributed by atoms with Gasteiger partial charge in [0.25, 0.3) is 0 Å². The molecule has 0 spiro atoms. The highest BCUT2D eigenvalue weighted by Gasteiger charge is 2.37. The summed E-state index contributed by atoms with van der Waals surface area (Å²) in [6, 6.07) is 58.3. The molecule has 0 saturated heterocycles. The number of hydrogen-bond acceptors (Lipinski definition) is 3. The zero-order valence-corrected chi connectivity index (χ0v) is 28.4. The van der Waals surface area contributed by atoms with E-state index >= 15 is 0 Å². The Morgan fingerprint density at radius 3 is 1.41 bits per heavy atom. The molecule has 1 aliphatic rings. The lowest BCUT2D eigenvalue weighted by Gasteiger charge is -2.22. The molecule has 0 N–H and O–H groups in total. The average Bonchev–Trinajstić information content (AvgIpc) is 3.43. The molecular weight excluding hydrogens is 619 g/mol. The maximum atomic E-state index is 5.41. The Balaban J connectivity index is 1.32. The third-order valence-corrected chi connectivity index (χ3v) is 10.7. The van der Waals surface area contributed by atoms with Crippen molar-refractivity contribution in [2.45, 2.75) is 19.3 Å². The van der Waals surface area contributed by atoms with Crippen molar-refractivity contribution in [2.75, 3.05) is 0 Å². The van der Waals surface area contributed by atoms with Crippen molar-refractivity contribution in [1.29, 1.82) is 0 Å². The lowest BCUT2D eigenvalue weighted by Crippen LogP contribution is -2.14. The van der Waals surface area contributed by atoms with Crippen molar-refractivity contribution in [1.82, 2.24) is 15.0 Å². The van der Waals surface area contributed by atoms with Gasteiger partial charge in [-0.25, -0.2) is 15.0 Å². The number of aromatic nitrogens is 3. The largest absolute Gasteiger partial charge is 0.208 e. The zero-order valence-electron chi connectivity index (χ0n) is 28.4. The van der Waals surface area contributed by atoms with Gasteiger partial charge in [0.15, 0.2) is 17.5 Å². The quantitative estimate of drug-likeness (QED) is 0.190. The lowest BCUT2D eigenvalue weighted by atomic mass is 9.81. The van der Waals surface area contributed by atoms with Gasteiger partial charge in [0.1, 0.15) is 0 Å². The molecular formula is C48H33N3. The minimum Gasteiger partial charge on any atom is -0.208 e. The van der Waals surface area contributed by atoms with Crippen LogP contribution in [0.25, 0.3) is 88.7 Å². The summed E-state index contributed by atoms with van der Waals surface area (Å²) in [6.45, 7) is 4.67. The standard InChI is InChI=1S/C48H33N3/c1-48(2)41-26-10-9-22-40(41)43-36(23-13-27-42(43)48)37-29-28-32-16-5-8-21-35(32)44(37)47-50-45(38-24-11-17-30-14-3-6-19-33(30)38)49-46(51-47)39-25-12-18-31-15-4-7-20-34(31)39/h3-29H,1-2H3. The van der Waals surface area contributed by atoms with E-state index in [2.05, 4.69) is 178 Å². The van der Waals surface area contributed by atoms with Crippen molar-refractivity contribution in [3.8, 4) is 56.4 Å². The molecule has 1 heterocycles. The normalized spacial score (nSPS) is 13.1. The molecule has 0 atom stereocenters. The van der Waals surface area contributed by atoms with Crippen molar-refractivity contribution in [2.24, 2.45) is 0 Å². The predicted molar refractivity (Wildman–Crippen MR) is 212 cm³/mol. The van der Waals surface area contributed by atoms with Crippen LogP contribution in [0.3, 0.4) is 0 Å². The van der Waals surface area contributed by atoms with Crippen LogP contribution in [-0.4, -0.2) is 15.0 Å². The first-order valence-electron chi connectivity index (χ1n) is 17.5. The maximum Gasteiger partial charge on any atom is 0.165 e. The van der Waals surface area contributed by atoms with Crippen molar-refractivity contribution in [3.05, 3.63) is 175 Å². The van der Waals surface area contributed by atoms with Crippen molar-refractivity contribution < 1.29 is 0 Å². The fourth-order valence-corrected chi connectivity index (χ4v) is 8.29. The topological polar surface area (TPSA) is 38.7 Å². The fourth-order valence-electron chi connectivity index (χ4n) is 8.29. The summed E-state index contributed by atoms with van der Waals surface area (Å²) < 4.78 is 0. The third kappa shape index (κ3) is 4.55. The van der Waals surface area contributed by atoms with Crippen LogP contribution in [0.2, 0.25) is 0 Å². The summed E-state index contributed by atoms with van der Waals surface area (Å²) in [5.74, 6) is 1.97. The minimum atomic E-state index is -0.116. The second-order valence-electron chi connectivity index (χ2n) is 14.0. The van der Waals surface area contributed by atoms with E-state index in [-0.39, 0.29) is 5.41 Å². The van der Waals surface area contributed by atoms with Gasteiger partial charge in [0.2, 0.25) is 0 Å². The van der Waals surface area contributed by atoms with Crippen molar-refractivity contribution in [3.63, 3.8) is 0 Å². The number of rotatable bonds is 4. The summed E-state index contributed by atoms with van der Waals surface area (Å²) in [4.78, 5) is 16.1. The van der Waals surface area contributed by atoms with E-state index in [0.717, 1.165) is 54.6 Å². The molecule has 10 rings (SSSR count). The van der Waals surface area contributed by atoms with E-state index in [9.17, 15) is 0 Å². The van der Waals surface area contributed by atoms with E-state index in [1.54, 1.807) is 0 Å². The van der Waals surface area contributed by atoms with Gasteiger partial charge in [0, 0.05) is 22.1 Å². The van der Waals surface area contributed by atoms with Crippen LogP contribution in [0.4, 0.5) is 0 Å². The molecule has 3 nitrogen and oxygen atoms in total. The van der Waals surface area contributed by atoms with Gasteiger partial charge in [-0.05, 0) is 65.7 Å². The monoisotopic (exact) mass is 651 g/mol. The van der Waals surface area contributed by atoms with Crippen LogP contribution in [0, 0.1) is 0 Å². The molecule has 1 aliphatic carbocycles. The second-order valence-corrected chi connectivity index (χ2v) is 14.0. The number of benzene rings is 8. The third-order valence-electron chi connectivity index (χ3n) is 10.7. The van der Waals surface area contributed by atoms with Gasteiger partial charge in [-0.1, -0.05) is 178 Å². The molecule has 0 saturated carbocycles. The Labute approximate surface area is 297 Å². The fraction of sp³-hybridized carbons (Fsp3) is 0.0625. The van der Waals surface area contributed by atoms with E-state index in [1.165, 1.54) is 27.8 Å². The highest BCUT2D eigenvalue weighted by molar-refractivity contribution is 6.07. The van der Waals surface area contributed by atoms with E-state index in [4.69, 9.17) is 15.0 Å².